The average Bonchev–Trinajstić information content (AvgIpc) is 2.76. The van der Waals surface area contributed by atoms with E-state index in [0.29, 0.717) is 47.6 Å². The molecule has 1 aliphatic heterocycles. The molecule has 2 aromatic rings. The summed E-state index contributed by atoms with van der Waals surface area (Å²) in [6.07, 6.45) is 2.36. The number of likely N-dealkylation sites (tertiary alicyclic amines) is 1. The number of piperidine rings is 1. The SMILES string of the molecule is COc1cc(O)c(C(CC(=O)N2CC(C)CC(C)C2)c2ccc(S(C)(=O)=O)cc2)c(OC)c1. The molecule has 0 saturated carbocycles. The van der Waals surface area contributed by atoms with Gasteiger partial charge in [0.25, 0.3) is 0 Å². The van der Waals surface area contributed by atoms with Crippen LogP contribution in [0.2, 0.25) is 0 Å². The minimum absolute atomic E-state index is 0.0112. The van der Waals surface area contributed by atoms with Gasteiger partial charge < -0.3 is 19.5 Å². The van der Waals surface area contributed by atoms with E-state index >= 15 is 0 Å². The summed E-state index contributed by atoms with van der Waals surface area (Å²) in [5.41, 5.74) is 1.18. The van der Waals surface area contributed by atoms with Gasteiger partial charge in [-0.2, -0.15) is 0 Å². The molecular formula is C25H33NO6S. The van der Waals surface area contributed by atoms with Crippen LogP contribution in [-0.2, 0) is 14.6 Å². The molecule has 3 unspecified atom stereocenters. The number of aromatic hydroxyl groups is 1. The topological polar surface area (TPSA) is 93.1 Å². The Morgan fingerprint density at radius 1 is 1.09 bits per heavy atom. The molecule has 0 radical (unpaired) electrons. The second kappa shape index (κ2) is 10.0. The van der Waals surface area contributed by atoms with Gasteiger partial charge in [-0.15, -0.1) is 0 Å². The van der Waals surface area contributed by atoms with E-state index in [2.05, 4.69) is 13.8 Å². The Morgan fingerprint density at radius 3 is 2.21 bits per heavy atom. The zero-order chi connectivity index (χ0) is 24.3. The van der Waals surface area contributed by atoms with Gasteiger partial charge in [0, 0.05) is 49.4 Å². The van der Waals surface area contributed by atoms with Crippen molar-refractivity contribution in [1.29, 1.82) is 0 Å². The Labute approximate surface area is 196 Å². The molecule has 2 aromatic carbocycles. The second-order valence-corrected chi connectivity index (χ2v) is 11.1. The quantitative estimate of drug-likeness (QED) is 0.654. The maximum atomic E-state index is 13.4. The zero-order valence-corrected chi connectivity index (χ0v) is 20.7. The normalized spacial score (nSPS) is 19.7. The zero-order valence-electron chi connectivity index (χ0n) is 19.9. The van der Waals surface area contributed by atoms with Crippen molar-refractivity contribution in [3.63, 3.8) is 0 Å². The van der Waals surface area contributed by atoms with Crippen molar-refractivity contribution in [2.75, 3.05) is 33.6 Å². The van der Waals surface area contributed by atoms with Gasteiger partial charge in [0.1, 0.15) is 17.2 Å². The van der Waals surface area contributed by atoms with Crippen LogP contribution in [0.25, 0.3) is 0 Å². The van der Waals surface area contributed by atoms with E-state index < -0.39 is 15.8 Å². The minimum Gasteiger partial charge on any atom is -0.507 e. The lowest BCUT2D eigenvalue weighted by Gasteiger charge is -2.36. The number of nitrogens with zero attached hydrogens (tertiary/aromatic N) is 1. The highest BCUT2D eigenvalue weighted by Crippen LogP contribution is 2.43. The maximum absolute atomic E-state index is 13.4. The van der Waals surface area contributed by atoms with Gasteiger partial charge >= 0.3 is 0 Å². The molecular weight excluding hydrogens is 442 g/mol. The molecule has 1 fully saturated rings. The first-order valence-corrected chi connectivity index (χ1v) is 12.9. The third-order valence-corrected chi connectivity index (χ3v) is 7.34. The van der Waals surface area contributed by atoms with Crippen LogP contribution in [0.15, 0.2) is 41.3 Å². The smallest absolute Gasteiger partial charge is 0.223 e. The molecule has 180 valence electrons. The van der Waals surface area contributed by atoms with Crippen molar-refractivity contribution in [1.82, 2.24) is 4.90 Å². The van der Waals surface area contributed by atoms with E-state index in [-0.39, 0.29) is 23.0 Å². The van der Waals surface area contributed by atoms with Gasteiger partial charge in [0.15, 0.2) is 9.84 Å². The maximum Gasteiger partial charge on any atom is 0.223 e. The summed E-state index contributed by atoms with van der Waals surface area (Å²) >= 11 is 0. The molecule has 0 bridgehead atoms. The summed E-state index contributed by atoms with van der Waals surface area (Å²) in [5, 5.41) is 10.9. The van der Waals surface area contributed by atoms with Crippen LogP contribution in [0.1, 0.15) is 43.7 Å². The highest BCUT2D eigenvalue weighted by atomic mass is 32.2. The number of sulfone groups is 1. The number of ether oxygens (including phenoxy) is 2. The van der Waals surface area contributed by atoms with Crippen LogP contribution in [-0.4, -0.2) is 57.9 Å². The number of benzene rings is 2. The number of carbonyl (C=O) groups is 1. The predicted octanol–water partition coefficient (Wildman–Crippen LogP) is 3.84. The predicted molar refractivity (Wildman–Crippen MR) is 127 cm³/mol. The molecule has 3 rings (SSSR count). The molecule has 3 atom stereocenters. The first kappa shape index (κ1) is 24.9. The number of rotatable bonds is 7. The van der Waals surface area contributed by atoms with Gasteiger partial charge in [-0.25, -0.2) is 8.42 Å². The Balaban J connectivity index is 2.05. The van der Waals surface area contributed by atoms with E-state index in [9.17, 15) is 18.3 Å². The third kappa shape index (κ3) is 5.79. The van der Waals surface area contributed by atoms with Crippen LogP contribution >= 0.6 is 0 Å². The largest absolute Gasteiger partial charge is 0.507 e. The monoisotopic (exact) mass is 475 g/mol. The lowest BCUT2D eigenvalue weighted by molar-refractivity contribution is -0.134. The average molecular weight is 476 g/mol. The van der Waals surface area contributed by atoms with Gasteiger partial charge in [0.2, 0.25) is 5.91 Å². The van der Waals surface area contributed by atoms with Crippen molar-refractivity contribution in [3.8, 4) is 17.2 Å². The molecule has 1 aliphatic rings. The number of amides is 1. The first-order valence-electron chi connectivity index (χ1n) is 11.1. The van der Waals surface area contributed by atoms with E-state index in [0.717, 1.165) is 12.7 Å². The van der Waals surface area contributed by atoms with Crippen LogP contribution in [0, 0.1) is 11.8 Å². The van der Waals surface area contributed by atoms with Gasteiger partial charge in [-0.05, 0) is 36.0 Å². The minimum atomic E-state index is -3.36. The number of phenols is 1. The van der Waals surface area contributed by atoms with E-state index in [1.54, 1.807) is 18.2 Å². The van der Waals surface area contributed by atoms with E-state index in [1.165, 1.54) is 32.4 Å². The Hall–Kier alpha value is -2.74. The highest BCUT2D eigenvalue weighted by Gasteiger charge is 2.31. The van der Waals surface area contributed by atoms with Crippen LogP contribution in [0.4, 0.5) is 0 Å². The standard InChI is InChI=1S/C25H33NO6S/c1-16-10-17(2)15-26(14-16)24(28)13-21(18-6-8-20(9-7-18)33(5,29)30)25-22(27)11-19(31-3)12-23(25)32-4/h6-9,11-12,16-17,21,27H,10,13-15H2,1-5H3. The summed E-state index contributed by atoms with van der Waals surface area (Å²) in [4.78, 5) is 15.5. The van der Waals surface area contributed by atoms with Crippen molar-refractivity contribution in [2.24, 2.45) is 11.8 Å². The van der Waals surface area contributed by atoms with Gasteiger partial charge in [-0.1, -0.05) is 26.0 Å². The van der Waals surface area contributed by atoms with Crippen LogP contribution in [0.3, 0.4) is 0 Å². The van der Waals surface area contributed by atoms with E-state index in [4.69, 9.17) is 9.47 Å². The Bertz CT molecular complexity index is 1090. The van der Waals surface area contributed by atoms with Crippen molar-refractivity contribution in [3.05, 3.63) is 47.5 Å². The number of phenolic OH excluding ortho intramolecular Hbond substituents is 1. The summed E-state index contributed by atoms with van der Waals surface area (Å²) in [6, 6.07) is 9.60. The summed E-state index contributed by atoms with van der Waals surface area (Å²) in [7, 11) is -0.363. The molecule has 1 saturated heterocycles. The van der Waals surface area contributed by atoms with Gasteiger partial charge in [-0.3, -0.25) is 4.79 Å². The second-order valence-electron chi connectivity index (χ2n) is 9.11. The fraction of sp³-hybridized carbons (Fsp3) is 0.480. The van der Waals surface area contributed by atoms with Crippen molar-refractivity contribution in [2.45, 2.75) is 37.5 Å². The summed E-state index contributed by atoms with van der Waals surface area (Å²) in [6.45, 7) is 5.70. The molecule has 0 aliphatic carbocycles. The number of hydrogen-bond acceptors (Lipinski definition) is 6. The number of hydrogen-bond donors (Lipinski definition) is 1. The van der Waals surface area contributed by atoms with E-state index in [1.807, 2.05) is 4.90 Å². The number of carbonyl (C=O) groups excluding carboxylic acids is 1. The lowest BCUT2D eigenvalue weighted by atomic mass is 9.85. The summed E-state index contributed by atoms with van der Waals surface area (Å²) in [5.74, 6) is 1.10. The van der Waals surface area contributed by atoms with Crippen molar-refractivity contribution >= 4 is 15.7 Å². The van der Waals surface area contributed by atoms with Crippen LogP contribution in [0.5, 0.6) is 17.2 Å². The molecule has 33 heavy (non-hydrogen) atoms. The van der Waals surface area contributed by atoms with Crippen LogP contribution < -0.4 is 9.47 Å². The molecule has 7 nitrogen and oxygen atoms in total. The highest BCUT2D eigenvalue weighted by molar-refractivity contribution is 7.90. The van der Waals surface area contributed by atoms with Crippen molar-refractivity contribution < 1.29 is 27.8 Å². The Morgan fingerprint density at radius 2 is 1.70 bits per heavy atom. The Kier molecular flexibility index (Phi) is 7.57. The molecule has 1 heterocycles. The molecule has 8 heteroatoms. The lowest BCUT2D eigenvalue weighted by Crippen LogP contribution is -2.43. The number of methoxy groups -OCH3 is 2. The van der Waals surface area contributed by atoms with Gasteiger partial charge in [0.05, 0.1) is 19.1 Å². The molecule has 1 amide bonds. The molecule has 0 spiro atoms. The third-order valence-electron chi connectivity index (χ3n) is 6.21. The summed E-state index contributed by atoms with van der Waals surface area (Å²) < 4.78 is 34.6. The first-order chi connectivity index (χ1) is 15.5. The molecule has 0 aromatic heterocycles. The fourth-order valence-electron chi connectivity index (χ4n) is 4.73. The fourth-order valence-corrected chi connectivity index (χ4v) is 5.36. The molecule has 1 N–H and O–H groups in total.